The van der Waals surface area contributed by atoms with Crippen molar-refractivity contribution in [2.75, 3.05) is 19.7 Å². The van der Waals surface area contributed by atoms with Crippen molar-refractivity contribution in [1.82, 2.24) is 15.1 Å². The average molecular weight is 341 g/mol. The summed E-state index contributed by atoms with van der Waals surface area (Å²) < 4.78 is 5.24. The number of rotatable bonds is 4. The minimum atomic E-state index is -0.543. The highest BCUT2D eigenvalue weighted by atomic mass is 16.5. The summed E-state index contributed by atoms with van der Waals surface area (Å²) in [6, 6.07) is 9.43. The number of aromatic nitrogens is 2. The van der Waals surface area contributed by atoms with Crippen LogP contribution in [-0.2, 0) is 9.53 Å². The van der Waals surface area contributed by atoms with E-state index in [1.54, 1.807) is 4.90 Å². The van der Waals surface area contributed by atoms with Crippen LogP contribution in [0, 0.1) is 11.8 Å². The lowest BCUT2D eigenvalue weighted by atomic mass is 9.92. The molecule has 132 valence electrons. The summed E-state index contributed by atoms with van der Waals surface area (Å²) in [7, 11) is 0. The number of hydrogen-bond acceptors (Lipinski definition) is 4. The van der Waals surface area contributed by atoms with Gasteiger partial charge >= 0.3 is 5.97 Å². The molecule has 0 spiro atoms. The van der Waals surface area contributed by atoms with E-state index >= 15 is 0 Å². The van der Waals surface area contributed by atoms with E-state index in [0.717, 1.165) is 25.1 Å². The topological polar surface area (TPSA) is 75.3 Å². The fourth-order valence-electron chi connectivity index (χ4n) is 3.43. The highest BCUT2D eigenvalue weighted by molar-refractivity contribution is 5.97. The van der Waals surface area contributed by atoms with E-state index < -0.39 is 5.97 Å². The molecule has 0 saturated carbocycles. The lowest BCUT2D eigenvalue weighted by Gasteiger charge is -2.34. The van der Waals surface area contributed by atoms with Gasteiger partial charge in [0.1, 0.15) is 5.56 Å². The van der Waals surface area contributed by atoms with Gasteiger partial charge in [-0.15, -0.1) is 0 Å². The largest absolute Gasteiger partial charge is 0.452 e. The number of nitrogens with one attached hydrogen (secondary N) is 1. The van der Waals surface area contributed by atoms with Gasteiger partial charge in [0.15, 0.2) is 6.61 Å². The predicted octanol–water partition coefficient (Wildman–Crippen LogP) is 2.74. The number of esters is 1. The maximum Gasteiger partial charge on any atom is 0.342 e. The lowest BCUT2D eigenvalue weighted by Crippen LogP contribution is -2.44. The van der Waals surface area contributed by atoms with E-state index in [1.807, 2.05) is 30.3 Å². The van der Waals surface area contributed by atoms with Crippen molar-refractivity contribution in [1.29, 1.82) is 0 Å². The lowest BCUT2D eigenvalue weighted by molar-refractivity contribution is -0.137. The van der Waals surface area contributed by atoms with Crippen LogP contribution < -0.4 is 0 Å². The van der Waals surface area contributed by atoms with Gasteiger partial charge in [-0.1, -0.05) is 44.2 Å². The third kappa shape index (κ3) is 4.07. The summed E-state index contributed by atoms with van der Waals surface area (Å²) in [4.78, 5) is 26.5. The fraction of sp³-hybridized carbons (Fsp3) is 0.421. The molecule has 25 heavy (non-hydrogen) atoms. The highest BCUT2D eigenvalue weighted by Gasteiger charge is 2.26. The summed E-state index contributed by atoms with van der Waals surface area (Å²) in [6.45, 7) is 5.49. The van der Waals surface area contributed by atoms with Crippen molar-refractivity contribution < 1.29 is 14.3 Å². The second kappa shape index (κ2) is 7.51. The van der Waals surface area contributed by atoms with Gasteiger partial charge in [0.2, 0.25) is 0 Å². The summed E-state index contributed by atoms with van der Waals surface area (Å²) in [5.41, 5.74) is 1.77. The average Bonchev–Trinajstić information content (AvgIpc) is 3.09. The van der Waals surface area contributed by atoms with Gasteiger partial charge in [-0.3, -0.25) is 9.89 Å². The first-order valence-electron chi connectivity index (χ1n) is 8.58. The second-order valence-corrected chi connectivity index (χ2v) is 6.85. The van der Waals surface area contributed by atoms with Crippen molar-refractivity contribution in [2.45, 2.75) is 20.3 Å². The van der Waals surface area contributed by atoms with Crippen LogP contribution in [0.5, 0.6) is 0 Å². The summed E-state index contributed by atoms with van der Waals surface area (Å²) >= 11 is 0. The van der Waals surface area contributed by atoms with Gasteiger partial charge in [0.05, 0.1) is 11.9 Å². The number of H-pyrrole nitrogens is 1. The first-order chi connectivity index (χ1) is 12.0. The Labute approximate surface area is 147 Å². The van der Waals surface area contributed by atoms with E-state index in [9.17, 15) is 9.59 Å². The molecule has 2 atom stereocenters. The Bertz CT molecular complexity index is 731. The monoisotopic (exact) mass is 341 g/mol. The molecule has 0 bridgehead atoms. The number of aromatic amines is 1. The van der Waals surface area contributed by atoms with Crippen molar-refractivity contribution >= 4 is 11.9 Å². The molecule has 1 aromatic heterocycles. The molecule has 1 aliphatic heterocycles. The van der Waals surface area contributed by atoms with E-state index in [4.69, 9.17) is 4.74 Å². The van der Waals surface area contributed by atoms with Crippen LogP contribution in [-0.4, -0.2) is 46.7 Å². The van der Waals surface area contributed by atoms with E-state index in [0.29, 0.717) is 23.1 Å². The van der Waals surface area contributed by atoms with Crippen molar-refractivity contribution in [2.24, 2.45) is 11.8 Å². The predicted molar refractivity (Wildman–Crippen MR) is 93.8 cm³/mol. The molecule has 0 aliphatic carbocycles. The number of carbonyl (C=O) groups is 2. The number of piperidine rings is 1. The standard InChI is InChI=1S/C19H23N3O3/c1-13-8-14(2)11-22(10-13)17(23)12-25-19(24)16-9-20-21-18(16)15-6-4-3-5-7-15/h3-7,9,13-14H,8,10-12H2,1-2H3,(H,20,21)/t13-,14+. The molecule has 1 aliphatic rings. The van der Waals surface area contributed by atoms with Crippen molar-refractivity contribution in [3.63, 3.8) is 0 Å². The van der Waals surface area contributed by atoms with E-state index in [-0.39, 0.29) is 12.5 Å². The highest BCUT2D eigenvalue weighted by Crippen LogP contribution is 2.22. The Balaban J connectivity index is 1.62. The van der Waals surface area contributed by atoms with Gasteiger partial charge < -0.3 is 9.64 Å². The van der Waals surface area contributed by atoms with Crippen LogP contribution >= 0.6 is 0 Å². The number of carbonyl (C=O) groups excluding carboxylic acids is 2. The van der Waals surface area contributed by atoms with E-state index in [2.05, 4.69) is 24.0 Å². The number of ether oxygens (including phenoxy) is 1. The molecule has 6 nitrogen and oxygen atoms in total. The van der Waals surface area contributed by atoms with E-state index in [1.165, 1.54) is 6.20 Å². The maximum absolute atomic E-state index is 12.4. The van der Waals surface area contributed by atoms with Crippen molar-refractivity contribution in [3.05, 3.63) is 42.1 Å². The maximum atomic E-state index is 12.4. The van der Waals surface area contributed by atoms with Gasteiger partial charge in [-0.25, -0.2) is 4.79 Å². The first kappa shape index (κ1) is 17.2. The molecule has 1 saturated heterocycles. The zero-order chi connectivity index (χ0) is 17.8. The number of nitrogens with zero attached hydrogens (tertiary/aromatic N) is 2. The van der Waals surface area contributed by atoms with Gasteiger partial charge in [-0.2, -0.15) is 5.10 Å². The van der Waals surface area contributed by atoms with Gasteiger partial charge in [0, 0.05) is 18.7 Å². The Morgan fingerprint density at radius 1 is 1.20 bits per heavy atom. The number of benzene rings is 1. The Hall–Kier alpha value is -2.63. The zero-order valence-corrected chi connectivity index (χ0v) is 14.6. The van der Waals surface area contributed by atoms with Crippen LogP contribution in [0.15, 0.2) is 36.5 Å². The van der Waals surface area contributed by atoms with Crippen LogP contribution in [0.25, 0.3) is 11.3 Å². The summed E-state index contributed by atoms with van der Waals surface area (Å²) in [6.07, 6.45) is 2.55. The van der Waals surface area contributed by atoms with Crippen LogP contribution in [0.1, 0.15) is 30.6 Å². The third-order valence-corrected chi connectivity index (χ3v) is 4.47. The quantitative estimate of drug-likeness (QED) is 0.868. The molecule has 2 heterocycles. The second-order valence-electron chi connectivity index (χ2n) is 6.85. The molecule has 3 rings (SSSR count). The van der Waals surface area contributed by atoms with Crippen LogP contribution in [0.4, 0.5) is 0 Å². The molecule has 1 N–H and O–H groups in total. The molecule has 1 amide bonds. The fourth-order valence-corrected chi connectivity index (χ4v) is 3.43. The van der Waals surface area contributed by atoms with Crippen LogP contribution in [0.3, 0.4) is 0 Å². The number of hydrogen-bond donors (Lipinski definition) is 1. The summed E-state index contributed by atoms with van der Waals surface area (Å²) in [5, 5.41) is 6.75. The SMILES string of the molecule is C[C@@H]1C[C@H](C)CN(C(=O)COC(=O)c2cn[nH]c2-c2ccccc2)C1. The normalized spacial score (nSPS) is 20.3. The molecule has 1 fully saturated rings. The van der Waals surface area contributed by atoms with Gasteiger partial charge in [0.25, 0.3) is 5.91 Å². The molecular weight excluding hydrogens is 318 g/mol. The molecule has 1 aromatic carbocycles. The zero-order valence-electron chi connectivity index (χ0n) is 14.6. The number of likely N-dealkylation sites (tertiary alicyclic amines) is 1. The van der Waals surface area contributed by atoms with Crippen molar-refractivity contribution in [3.8, 4) is 11.3 Å². The third-order valence-electron chi connectivity index (χ3n) is 4.47. The van der Waals surface area contributed by atoms with Gasteiger partial charge in [-0.05, 0) is 18.3 Å². The Morgan fingerprint density at radius 3 is 2.56 bits per heavy atom. The molecule has 6 heteroatoms. The molecule has 0 radical (unpaired) electrons. The molecule has 0 unspecified atom stereocenters. The minimum absolute atomic E-state index is 0.142. The number of amides is 1. The summed E-state index contributed by atoms with van der Waals surface area (Å²) in [5.74, 6) is 0.263. The van der Waals surface area contributed by atoms with Crippen LogP contribution in [0.2, 0.25) is 0 Å². The minimum Gasteiger partial charge on any atom is -0.452 e. The molecule has 2 aromatic rings. The smallest absolute Gasteiger partial charge is 0.342 e. The Morgan fingerprint density at radius 2 is 1.88 bits per heavy atom. The Kier molecular flexibility index (Phi) is 5.16. The molecular formula is C19H23N3O3. The first-order valence-corrected chi connectivity index (χ1v) is 8.58.